The molecule has 0 radical (unpaired) electrons. The minimum atomic E-state index is 0.399. The summed E-state index contributed by atoms with van der Waals surface area (Å²) in [7, 11) is 0. The van der Waals surface area contributed by atoms with E-state index >= 15 is 0 Å². The number of aromatic nitrogens is 2. The highest BCUT2D eigenvalue weighted by molar-refractivity contribution is 5.38. The van der Waals surface area contributed by atoms with Crippen LogP contribution < -0.4 is 10.1 Å². The summed E-state index contributed by atoms with van der Waals surface area (Å²) >= 11 is 0. The molecule has 100 valence electrons. The zero-order valence-corrected chi connectivity index (χ0v) is 11.3. The molecular formula is C13H21N3O2. The van der Waals surface area contributed by atoms with Gasteiger partial charge in [0, 0.05) is 19.2 Å². The molecule has 0 spiro atoms. The van der Waals surface area contributed by atoms with E-state index in [-0.39, 0.29) is 0 Å². The lowest BCUT2D eigenvalue weighted by Crippen LogP contribution is -2.07. The van der Waals surface area contributed by atoms with Crippen molar-refractivity contribution >= 4 is 5.82 Å². The Labute approximate surface area is 108 Å². The number of rotatable bonds is 8. The van der Waals surface area contributed by atoms with Crippen LogP contribution in [-0.4, -0.2) is 29.7 Å². The number of anilines is 1. The van der Waals surface area contributed by atoms with Gasteiger partial charge in [0.15, 0.2) is 5.82 Å². The van der Waals surface area contributed by atoms with Crippen LogP contribution in [0.25, 0.3) is 0 Å². The van der Waals surface area contributed by atoms with Gasteiger partial charge in [-0.15, -0.1) is 0 Å². The predicted molar refractivity (Wildman–Crippen MR) is 71.8 cm³/mol. The molecule has 0 bridgehead atoms. The number of nitrogens with one attached hydrogen (secondary N) is 1. The first-order valence-electron chi connectivity index (χ1n) is 6.23. The van der Waals surface area contributed by atoms with E-state index in [0.29, 0.717) is 31.5 Å². The summed E-state index contributed by atoms with van der Waals surface area (Å²) < 4.78 is 10.8. The Balaban J connectivity index is 2.76. The van der Waals surface area contributed by atoms with Crippen LogP contribution in [-0.2, 0) is 11.3 Å². The molecule has 0 saturated heterocycles. The summed E-state index contributed by atoms with van der Waals surface area (Å²) in [6.07, 6.45) is 3.87. The molecule has 18 heavy (non-hydrogen) atoms. The Morgan fingerprint density at radius 1 is 1.33 bits per heavy atom. The molecule has 0 aromatic carbocycles. The zero-order chi connectivity index (χ0) is 13.2. The van der Waals surface area contributed by atoms with Crippen molar-refractivity contribution in [1.29, 1.82) is 0 Å². The lowest BCUT2D eigenvalue weighted by Gasteiger charge is -2.09. The second kappa shape index (κ2) is 8.47. The number of nitrogens with zero attached hydrogens (tertiary/aromatic N) is 2. The van der Waals surface area contributed by atoms with Gasteiger partial charge in [-0.3, -0.25) is 0 Å². The van der Waals surface area contributed by atoms with Gasteiger partial charge in [-0.2, -0.15) is 4.98 Å². The van der Waals surface area contributed by atoms with E-state index in [1.54, 1.807) is 6.07 Å². The molecule has 0 aliphatic rings. The monoisotopic (exact) mass is 251 g/mol. The molecule has 0 amide bonds. The molecule has 1 aromatic rings. The van der Waals surface area contributed by atoms with Crippen molar-refractivity contribution in [2.24, 2.45) is 0 Å². The maximum absolute atomic E-state index is 5.52. The van der Waals surface area contributed by atoms with Crippen LogP contribution in [0.1, 0.15) is 26.6 Å². The van der Waals surface area contributed by atoms with Crippen molar-refractivity contribution in [2.45, 2.75) is 27.4 Å². The normalized spacial score (nSPS) is 10.8. The second-order valence-corrected chi connectivity index (χ2v) is 3.56. The number of hydrogen-bond donors (Lipinski definition) is 1. The molecule has 1 heterocycles. The minimum Gasteiger partial charge on any atom is -0.473 e. The van der Waals surface area contributed by atoms with Crippen LogP contribution in [0.5, 0.6) is 5.88 Å². The van der Waals surface area contributed by atoms with Crippen molar-refractivity contribution in [1.82, 2.24) is 9.97 Å². The van der Waals surface area contributed by atoms with Gasteiger partial charge in [0.1, 0.15) is 19.0 Å². The average molecular weight is 251 g/mol. The van der Waals surface area contributed by atoms with Crippen molar-refractivity contribution in [2.75, 3.05) is 25.1 Å². The first-order chi connectivity index (χ1) is 8.80. The first-order valence-corrected chi connectivity index (χ1v) is 6.23. The Morgan fingerprint density at radius 3 is 2.83 bits per heavy atom. The van der Waals surface area contributed by atoms with Gasteiger partial charge in [0.05, 0.1) is 0 Å². The molecule has 0 aliphatic heterocycles. The summed E-state index contributed by atoms with van der Waals surface area (Å²) in [5, 5.41) is 3.15. The molecule has 0 atom stereocenters. The second-order valence-electron chi connectivity index (χ2n) is 3.56. The summed E-state index contributed by atoms with van der Waals surface area (Å²) in [5.41, 5.74) is 0. The third-order valence-electron chi connectivity index (χ3n) is 2.11. The Kier molecular flexibility index (Phi) is 6.79. The highest BCUT2D eigenvalue weighted by atomic mass is 16.5. The molecular weight excluding hydrogens is 230 g/mol. The lowest BCUT2D eigenvalue weighted by molar-refractivity contribution is 0.127. The van der Waals surface area contributed by atoms with Crippen LogP contribution in [0, 0.1) is 0 Å². The van der Waals surface area contributed by atoms with Gasteiger partial charge in [0.2, 0.25) is 5.88 Å². The van der Waals surface area contributed by atoms with Crippen LogP contribution in [0.3, 0.4) is 0 Å². The topological polar surface area (TPSA) is 56.3 Å². The Morgan fingerprint density at radius 2 is 2.17 bits per heavy atom. The van der Waals surface area contributed by atoms with Crippen molar-refractivity contribution in [3.63, 3.8) is 0 Å². The van der Waals surface area contributed by atoms with Gasteiger partial charge in [-0.05, 0) is 20.8 Å². The molecule has 5 nitrogen and oxygen atoms in total. The van der Waals surface area contributed by atoms with E-state index in [4.69, 9.17) is 9.47 Å². The third kappa shape index (κ3) is 5.14. The molecule has 5 heteroatoms. The summed E-state index contributed by atoms with van der Waals surface area (Å²) in [4.78, 5) is 8.64. The minimum absolute atomic E-state index is 0.399. The van der Waals surface area contributed by atoms with Crippen LogP contribution in [0.15, 0.2) is 18.2 Å². The predicted octanol–water partition coefficient (Wildman–Crippen LogP) is 2.40. The fraction of sp³-hybridized carbons (Fsp3) is 0.538. The van der Waals surface area contributed by atoms with E-state index < -0.39 is 0 Å². The van der Waals surface area contributed by atoms with Gasteiger partial charge in [-0.1, -0.05) is 12.2 Å². The molecule has 0 unspecified atom stereocenters. The van der Waals surface area contributed by atoms with Gasteiger partial charge < -0.3 is 14.8 Å². The lowest BCUT2D eigenvalue weighted by atomic mass is 10.5. The molecule has 1 aromatic heterocycles. The molecule has 0 saturated carbocycles. The molecule has 0 aliphatic carbocycles. The van der Waals surface area contributed by atoms with E-state index in [1.807, 2.05) is 32.9 Å². The Hall–Kier alpha value is -1.62. The number of ether oxygens (including phenoxy) is 2. The Bertz CT molecular complexity index is 380. The number of hydrogen-bond acceptors (Lipinski definition) is 5. The molecule has 0 fully saturated rings. The summed E-state index contributed by atoms with van der Waals surface area (Å²) in [6, 6.07) is 1.79. The van der Waals surface area contributed by atoms with Gasteiger partial charge >= 0.3 is 0 Å². The third-order valence-corrected chi connectivity index (χ3v) is 2.11. The van der Waals surface area contributed by atoms with Gasteiger partial charge in [-0.25, -0.2) is 4.98 Å². The maximum atomic E-state index is 5.52. The van der Waals surface area contributed by atoms with E-state index in [2.05, 4.69) is 15.3 Å². The average Bonchev–Trinajstić information content (AvgIpc) is 2.37. The van der Waals surface area contributed by atoms with Crippen LogP contribution >= 0.6 is 0 Å². The van der Waals surface area contributed by atoms with Gasteiger partial charge in [0.25, 0.3) is 0 Å². The van der Waals surface area contributed by atoms with Crippen LogP contribution in [0.2, 0.25) is 0 Å². The van der Waals surface area contributed by atoms with E-state index in [1.165, 1.54) is 0 Å². The van der Waals surface area contributed by atoms with Crippen molar-refractivity contribution in [3.8, 4) is 5.88 Å². The smallest absolute Gasteiger partial charge is 0.219 e. The van der Waals surface area contributed by atoms with Crippen LogP contribution in [0.4, 0.5) is 5.82 Å². The number of allylic oxidation sites excluding steroid dienone is 1. The van der Waals surface area contributed by atoms with E-state index in [9.17, 15) is 0 Å². The standard InChI is InChI=1S/C13H21N3O2/c1-4-7-8-18-13-9-11(14-5-2)15-12(16-13)10-17-6-3/h4,7,9H,5-6,8,10H2,1-3H3,(H,14,15,16)/b7-4+. The van der Waals surface area contributed by atoms with E-state index in [0.717, 1.165) is 12.4 Å². The van der Waals surface area contributed by atoms with Crippen molar-refractivity contribution < 1.29 is 9.47 Å². The highest BCUT2D eigenvalue weighted by Gasteiger charge is 2.05. The maximum Gasteiger partial charge on any atom is 0.219 e. The first kappa shape index (κ1) is 14.4. The molecule has 1 N–H and O–H groups in total. The highest BCUT2D eigenvalue weighted by Crippen LogP contribution is 2.14. The fourth-order valence-electron chi connectivity index (χ4n) is 1.31. The quantitative estimate of drug-likeness (QED) is 0.719. The summed E-state index contributed by atoms with van der Waals surface area (Å²) in [5.74, 6) is 1.96. The fourth-order valence-corrected chi connectivity index (χ4v) is 1.31. The van der Waals surface area contributed by atoms with Crippen molar-refractivity contribution in [3.05, 3.63) is 24.0 Å². The molecule has 1 rings (SSSR count). The SMILES string of the molecule is C/C=C/COc1cc(NCC)nc(COCC)n1. The zero-order valence-electron chi connectivity index (χ0n) is 11.3. The summed E-state index contributed by atoms with van der Waals surface area (Å²) in [6.45, 7) is 8.27. The largest absolute Gasteiger partial charge is 0.473 e.